The number of aromatic nitrogens is 6. The lowest BCUT2D eigenvalue weighted by molar-refractivity contribution is 0.0933. The van der Waals surface area contributed by atoms with Crippen molar-refractivity contribution in [3.8, 4) is 5.82 Å². The molecule has 0 saturated carbocycles. The number of imidazole rings is 1. The van der Waals surface area contributed by atoms with E-state index in [1.807, 2.05) is 32.2 Å². The van der Waals surface area contributed by atoms with Gasteiger partial charge in [0.2, 0.25) is 5.95 Å². The second-order valence-corrected chi connectivity index (χ2v) is 7.58. The number of amides is 1. The van der Waals surface area contributed by atoms with E-state index in [9.17, 15) is 4.79 Å². The molecule has 0 aliphatic carbocycles. The molecule has 1 atom stereocenters. The second-order valence-electron chi connectivity index (χ2n) is 7.15. The number of nitrogens with one attached hydrogen (secondary N) is 2. The fourth-order valence-electron chi connectivity index (χ4n) is 3.16. The summed E-state index contributed by atoms with van der Waals surface area (Å²) in [5, 5.41) is 10.7. The third kappa shape index (κ3) is 4.61. The van der Waals surface area contributed by atoms with Crippen molar-refractivity contribution >= 4 is 29.3 Å². The van der Waals surface area contributed by atoms with E-state index in [4.69, 9.17) is 17.3 Å². The molecule has 0 saturated heterocycles. The molecule has 3 aromatic heterocycles. The van der Waals surface area contributed by atoms with E-state index in [0.717, 1.165) is 16.9 Å². The van der Waals surface area contributed by atoms with E-state index in [2.05, 4.69) is 30.7 Å². The minimum Gasteiger partial charge on any atom is -0.343 e. The quantitative estimate of drug-likeness (QED) is 0.393. The number of nitrogens with zero attached hydrogens (tertiary/aromatic N) is 6. The molecular weight excluding hydrogens is 430 g/mol. The summed E-state index contributed by atoms with van der Waals surface area (Å²) in [6.45, 7) is 2.10. The summed E-state index contributed by atoms with van der Waals surface area (Å²) >= 11 is 6.06. The maximum atomic E-state index is 12.8. The van der Waals surface area contributed by atoms with Gasteiger partial charge in [-0.25, -0.2) is 9.97 Å². The van der Waals surface area contributed by atoms with Crippen molar-refractivity contribution in [2.75, 3.05) is 11.9 Å². The zero-order valence-corrected chi connectivity index (χ0v) is 18.3. The number of hydrogen-bond donors (Lipinski definition) is 3. The maximum Gasteiger partial charge on any atom is 0.272 e. The largest absolute Gasteiger partial charge is 0.343 e. The first kappa shape index (κ1) is 21.5. The Bertz CT molecular complexity index is 1250. The average molecular weight is 452 g/mol. The summed E-state index contributed by atoms with van der Waals surface area (Å²) < 4.78 is 3.35. The fraction of sp³-hybridized carbons (Fsp3) is 0.190. The summed E-state index contributed by atoms with van der Waals surface area (Å²) in [6.07, 6.45) is 6.53. The van der Waals surface area contributed by atoms with Crippen LogP contribution >= 0.6 is 11.6 Å². The Labute approximate surface area is 189 Å². The third-order valence-electron chi connectivity index (χ3n) is 4.86. The van der Waals surface area contributed by atoms with Gasteiger partial charge in [-0.2, -0.15) is 10.1 Å². The molecule has 0 radical (unpaired) electrons. The van der Waals surface area contributed by atoms with Gasteiger partial charge in [0.15, 0.2) is 0 Å². The van der Waals surface area contributed by atoms with E-state index < -0.39 is 0 Å². The second kappa shape index (κ2) is 9.16. The van der Waals surface area contributed by atoms with Gasteiger partial charge in [-0.1, -0.05) is 23.7 Å². The summed E-state index contributed by atoms with van der Waals surface area (Å²) in [4.78, 5) is 25.9. The summed E-state index contributed by atoms with van der Waals surface area (Å²) in [6, 6.07) is 8.65. The van der Waals surface area contributed by atoms with Crippen LogP contribution in [0, 0.1) is 6.92 Å². The number of rotatable bonds is 7. The zero-order valence-electron chi connectivity index (χ0n) is 17.5. The molecular formula is C21H22ClN9O. The summed E-state index contributed by atoms with van der Waals surface area (Å²) in [7, 11) is 1.82. The minimum atomic E-state index is -0.387. The molecule has 4 aromatic rings. The van der Waals surface area contributed by atoms with Gasteiger partial charge < -0.3 is 16.4 Å². The number of benzene rings is 1. The van der Waals surface area contributed by atoms with Gasteiger partial charge in [0.05, 0.1) is 12.2 Å². The molecule has 0 bridgehead atoms. The predicted octanol–water partition coefficient (Wildman–Crippen LogP) is 2.53. The number of carbonyl (C=O) groups excluding carboxylic acids is 1. The van der Waals surface area contributed by atoms with Gasteiger partial charge in [-0.05, 0) is 24.6 Å². The Morgan fingerprint density at radius 3 is 2.84 bits per heavy atom. The first-order chi connectivity index (χ1) is 15.4. The van der Waals surface area contributed by atoms with Gasteiger partial charge in [-0.15, -0.1) is 0 Å². The molecule has 0 aliphatic rings. The van der Waals surface area contributed by atoms with Crippen LogP contribution in [0.15, 0.2) is 55.2 Å². The van der Waals surface area contributed by atoms with Crippen LogP contribution in [-0.4, -0.2) is 41.8 Å². The van der Waals surface area contributed by atoms with Gasteiger partial charge in [0.1, 0.15) is 23.7 Å². The number of aryl methyl sites for hydroxylation is 2. The highest BCUT2D eigenvalue weighted by Gasteiger charge is 2.18. The lowest BCUT2D eigenvalue weighted by Gasteiger charge is -2.16. The molecule has 0 fully saturated rings. The molecule has 32 heavy (non-hydrogen) atoms. The van der Waals surface area contributed by atoms with Gasteiger partial charge in [-0.3, -0.25) is 14.0 Å². The van der Waals surface area contributed by atoms with Crippen molar-refractivity contribution in [2.24, 2.45) is 12.8 Å². The van der Waals surface area contributed by atoms with Crippen LogP contribution in [0.5, 0.6) is 0 Å². The minimum absolute atomic E-state index is 0.223. The predicted molar refractivity (Wildman–Crippen MR) is 121 cm³/mol. The molecule has 1 aromatic carbocycles. The number of hydrogen-bond acceptors (Lipinski definition) is 7. The van der Waals surface area contributed by atoms with Crippen LogP contribution in [0.2, 0.25) is 5.02 Å². The van der Waals surface area contributed by atoms with Gasteiger partial charge in [0, 0.05) is 42.6 Å². The Morgan fingerprint density at radius 1 is 1.28 bits per heavy atom. The lowest BCUT2D eigenvalue weighted by atomic mass is 10.1. The Kier molecular flexibility index (Phi) is 6.15. The highest BCUT2D eigenvalue weighted by molar-refractivity contribution is 6.30. The Balaban J connectivity index is 1.53. The fourth-order valence-corrected chi connectivity index (χ4v) is 3.35. The van der Waals surface area contributed by atoms with Crippen molar-refractivity contribution in [3.63, 3.8) is 0 Å². The van der Waals surface area contributed by atoms with E-state index in [1.165, 1.54) is 6.33 Å². The number of carbonyl (C=O) groups is 1. The first-order valence-corrected chi connectivity index (χ1v) is 10.2. The molecule has 0 spiro atoms. The van der Waals surface area contributed by atoms with Crippen LogP contribution < -0.4 is 16.4 Å². The van der Waals surface area contributed by atoms with Crippen LogP contribution in [0.3, 0.4) is 0 Å². The Morgan fingerprint density at radius 2 is 2.12 bits per heavy atom. The smallest absolute Gasteiger partial charge is 0.272 e. The molecule has 1 unspecified atom stereocenters. The first-order valence-electron chi connectivity index (χ1n) is 9.84. The molecule has 10 nitrogen and oxygen atoms in total. The van der Waals surface area contributed by atoms with Crippen LogP contribution in [0.1, 0.15) is 27.7 Å². The van der Waals surface area contributed by atoms with E-state index >= 15 is 0 Å². The monoisotopic (exact) mass is 451 g/mol. The van der Waals surface area contributed by atoms with Crippen molar-refractivity contribution < 1.29 is 4.79 Å². The van der Waals surface area contributed by atoms with Crippen LogP contribution in [0.25, 0.3) is 5.82 Å². The van der Waals surface area contributed by atoms with Crippen molar-refractivity contribution in [1.29, 1.82) is 0 Å². The number of halogens is 1. The van der Waals surface area contributed by atoms with E-state index in [-0.39, 0.29) is 24.2 Å². The molecule has 11 heteroatoms. The topological polar surface area (TPSA) is 129 Å². The standard InChI is InChI=1S/C21H22ClN9O/c1-13-10-24-21(28-18-6-7-26-30(18)2)29-19(13)31-11-17(25-12-31)20(32)27-16(9-23)14-4-3-5-15(22)8-14/h3-8,10-12,16H,9,23H2,1-2H3,(H,27,32)(H,24,28,29). The number of nitrogens with two attached hydrogens (primary N) is 1. The SMILES string of the molecule is Cc1cnc(Nc2ccnn2C)nc1-n1cnc(C(=O)NC(CN)c2cccc(Cl)c2)c1. The van der Waals surface area contributed by atoms with Crippen LogP contribution in [-0.2, 0) is 7.05 Å². The van der Waals surface area contributed by atoms with Crippen LogP contribution in [0.4, 0.5) is 11.8 Å². The summed E-state index contributed by atoms with van der Waals surface area (Å²) in [5.41, 5.74) is 7.75. The maximum absolute atomic E-state index is 12.8. The highest BCUT2D eigenvalue weighted by Crippen LogP contribution is 2.19. The van der Waals surface area contributed by atoms with E-state index in [1.54, 1.807) is 40.0 Å². The average Bonchev–Trinajstić information content (AvgIpc) is 3.43. The molecule has 4 N–H and O–H groups in total. The molecule has 0 aliphatic heterocycles. The number of anilines is 2. The Hall–Kier alpha value is -3.76. The van der Waals surface area contributed by atoms with Gasteiger partial charge >= 0.3 is 0 Å². The zero-order chi connectivity index (χ0) is 22.7. The van der Waals surface area contributed by atoms with Gasteiger partial charge in [0.25, 0.3) is 5.91 Å². The third-order valence-corrected chi connectivity index (χ3v) is 5.09. The molecule has 164 valence electrons. The van der Waals surface area contributed by atoms with Crippen molar-refractivity contribution in [1.82, 2.24) is 34.6 Å². The molecule has 1 amide bonds. The van der Waals surface area contributed by atoms with Crippen molar-refractivity contribution in [2.45, 2.75) is 13.0 Å². The highest BCUT2D eigenvalue weighted by atomic mass is 35.5. The molecule has 4 rings (SSSR count). The lowest BCUT2D eigenvalue weighted by Crippen LogP contribution is -2.33. The van der Waals surface area contributed by atoms with Crippen molar-refractivity contribution in [3.05, 3.63) is 77.1 Å². The van der Waals surface area contributed by atoms with E-state index in [0.29, 0.717) is 16.8 Å². The molecule has 3 heterocycles. The normalized spacial score (nSPS) is 11.9. The summed E-state index contributed by atoms with van der Waals surface area (Å²) in [5.74, 6) is 1.40.